The topological polar surface area (TPSA) is 51.0 Å². The summed E-state index contributed by atoms with van der Waals surface area (Å²) < 4.78 is 2.73. The maximum Gasteiger partial charge on any atom is 0.289 e. The first-order chi connectivity index (χ1) is 9.99. The molecule has 0 saturated heterocycles. The number of carbonyl (C=O) groups excluding carboxylic acids is 1. The molecule has 0 spiro atoms. The SMILES string of the molecule is CN(C)C(=O)c1ncc(-c2cc3nccc(Cl)c3s2)n1C. The molecule has 3 aromatic heterocycles. The molecule has 0 fully saturated rings. The first kappa shape index (κ1) is 14.0. The minimum Gasteiger partial charge on any atom is -0.342 e. The van der Waals surface area contributed by atoms with Gasteiger partial charge < -0.3 is 9.47 Å². The quantitative estimate of drug-likeness (QED) is 0.729. The normalized spacial score (nSPS) is 11.0. The standard InChI is InChI=1S/C14H13ClN4OS/c1-18(2)14(20)13-17-7-10(19(13)3)11-6-9-12(21-11)8(15)4-5-16-9/h4-7H,1-3H3. The van der Waals surface area contributed by atoms with Crippen LogP contribution in [0.15, 0.2) is 24.5 Å². The summed E-state index contributed by atoms with van der Waals surface area (Å²) in [6, 6.07) is 3.74. The lowest BCUT2D eigenvalue weighted by Crippen LogP contribution is -2.24. The Balaban J connectivity index is 2.11. The van der Waals surface area contributed by atoms with E-state index in [1.165, 1.54) is 4.90 Å². The lowest BCUT2D eigenvalue weighted by atomic mass is 10.3. The van der Waals surface area contributed by atoms with Gasteiger partial charge in [0.2, 0.25) is 0 Å². The second kappa shape index (κ2) is 5.13. The van der Waals surface area contributed by atoms with Crippen molar-refractivity contribution < 1.29 is 4.79 Å². The number of nitrogens with zero attached hydrogens (tertiary/aromatic N) is 4. The van der Waals surface area contributed by atoms with Gasteiger partial charge in [0.15, 0.2) is 5.82 Å². The minimum absolute atomic E-state index is 0.124. The molecule has 0 radical (unpaired) electrons. The number of carbonyl (C=O) groups is 1. The molecule has 0 aliphatic heterocycles. The van der Waals surface area contributed by atoms with Crippen molar-refractivity contribution in [3.8, 4) is 10.6 Å². The molecular weight excluding hydrogens is 308 g/mol. The summed E-state index contributed by atoms with van der Waals surface area (Å²) in [7, 11) is 5.25. The van der Waals surface area contributed by atoms with Crippen LogP contribution in [0.1, 0.15) is 10.6 Å². The molecule has 1 amide bonds. The zero-order valence-corrected chi connectivity index (χ0v) is 13.4. The van der Waals surface area contributed by atoms with Gasteiger partial charge in [0.05, 0.1) is 32.0 Å². The molecule has 0 unspecified atom stereocenters. The van der Waals surface area contributed by atoms with Gasteiger partial charge in [0.1, 0.15) is 0 Å². The molecular formula is C14H13ClN4OS. The zero-order valence-electron chi connectivity index (χ0n) is 11.8. The van der Waals surface area contributed by atoms with Crippen molar-refractivity contribution in [2.45, 2.75) is 0 Å². The minimum atomic E-state index is -0.124. The molecule has 108 valence electrons. The number of rotatable bonds is 2. The second-order valence-corrected chi connectivity index (χ2v) is 6.30. The van der Waals surface area contributed by atoms with E-state index in [1.54, 1.807) is 48.5 Å². The number of hydrogen-bond acceptors (Lipinski definition) is 4. The maximum atomic E-state index is 12.0. The Bertz CT molecular complexity index is 837. The number of hydrogen-bond donors (Lipinski definition) is 0. The smallest absolute Gasteiger partial charge is 0.289 e. The molecule has 21 heavy (non-hydrogen) atoms. The van der Waals surface area contributed by atoms with Crippen molar-refractivity contribution in [2.75, 3.05) is 14.1 Å². The van der Waals surface area contributed by atoms with Crippen molar-refractivity contribution in [1.29, 1.82) is 0 Å². The maximum absolute atomic E-state index is 12.0. The van der Waals surface area contributed by atoms with Gasteiger partial charge >= 0.3 is 0 Å². The molecule has 0 N–H and O–H groups in total. The van der Waals surface area contributed by atoms with Gasteiger partial charge in [-0.25, -0.2) is 4.98 Å². The molecule has 5 nitrogen and oxygen atoms in total. The number of fused-ring (bicyclic) bond motifs is 1. The summed E-state index contributed by atoms with van der Waals surface area (Å²) in [4.78, 5) is 23.1. The molecule has 3 aromatic rings. The van der Waals surface area contributed by atoms with E-state index in [1.807, 2.05) is 13.1 Å². The van der Waals surface area contributed by atoms with Gasteiger partial charge in [-0.15, -0.1) is 11.3 Å². The van der Waals surface area contributed by atoms with E-state index in [0.29, 0.717) is 10.8 Å². The third-order valence-corrected chi connectivity index (χ3v) is 4.81. The number of halogens is 1. The van der Waals surface area contributed by atoms with Crippen LogP contribution >= 0.6 is 22.9 Å². The van der Waals surface area contributed by atoms with Crippen LogP contribution in [0, 0.1) is 0 Å². The van der Waals surface area contributed by atoms with E-state index in [9.17, 15) is 4.79 Å². The van der Waals surface area contributed by atoms with Crippen molar-refractivity contribution >= 4 is 39.1 Å². The van der Waals surface area contributed by atoms with Crippen LogP contribution in [0.5, 0.6) is 0 Å². The summed E-state index contributed by atoms with van der Waals surface area (Å²) in [5.74, 6) is 0.285. The predicted octanol–water partition coefficient (Wildman–Crippen LogP) is 3.05. The monoisotopic (exact) mass is 320 g/mol. The van der Waals surface area contributed by atoms with Gasteiger partial charge in [-0.3, -0.25) is 9.78 Å². The number of amides is 1. The van der Waals surface area contributed by atoms with E-state index in [2.05, 4.69) is 9.97 Å². The Morgan fingerprint density at radius 1 is 1.38 bits per heavy atom. The van der Waals surface area contributed by atoms with Gasteiger partial charge in [0.25, 0.3) is 5.91 Å². The molecule has 0 aliphatic carbocycles. The second-order valence-electron chi connectivity index (χ2n) is 4.84. The van der Waals surface area contributed by atoms with Crippen LogP contribution < -0.4 is 0 Å². The van der Waals surface area contributed by atoms with Crippen LogP contribution in [-0.4, -0.2) is 39.4 Å². The molecule has 0 atom stereocenters. The lowest BCUT2D eigenvalue weighted by Gasteiger charge is -2.10. The van der Waals surface area contributed by atoms with E-state index in [0.717, 1.165) is 20.8 Å². The molecule has 0 saturated carbocycles. The number of thiophene rings is 1. The number of pyridine rings is 1. The lowest BCUT2D eigenvalue weighted by molar-refractivity contribution is 0.0812. The summed E-state index contributed by atoms with van der Waals surface area (Å²) in [5.41, 5.74) is 1.73. The fraction of sp³-hybridized carbons (Fsp3) is 0.214. The summed E-state index contributed by atoms with van der Waals surface area (Å²) in [6.45, 7) is 0. The summed E-state index contributed by atoms with van der Waals surface area (Å²) in [6.07, 6.45) is 3.39. The highest BCUT2D eigenvalue weighted by molar-refractivity contribution is 7.22. The molecule has 0 aliphatic rings. The van der Waals surface area contributed by atoms with E-state index < -0.39 is 0 Å². The van der Waals surface area contributed by atoms with Gasteiger partial charge in [-0.1, -0.05) is 11.6 Å². The average molecular weight is 321 g/mol. The summed E-state index contributed by atoms with van der Waals surface area (Å²) >= 11 is 7.73. The zero-order chi connectivity index (χ0) is 15.1. The van der Waals surface area contributed by atoms with E-state index >= 15 is 0 Å². The third-order valence-electron chi connectivity index (χ3n) is 3.20. The largest absolute Gasteiger partial charge is 0.342 e. The highest BCUT2D eigenvalue weighted by Gasteiger charge is 2.18. The number of imidazole rings is 1. The highest BCUT2D eigenvalue weighted by atomic mass is 35.5. The van der Waals surface area contributed by atoms with Crippen LogP contribution in [0.25, 0.3) is 20.8 Å². The van der Waals surface area contributed by atoms with E-state index in [4.69, 9.17) is 11.6 Å². The highest BCUT2D eigenvalue weighted by Crippen LogP contribution is 2.36. The van der Waals surface area contributed by atoms with Crippen LogP contribution in [0.2, 0.25) is 5.02 Å². The predicted molar refractivity (Wildman–Crippen MR) is 84.8 cm³/mol. The van der Waals surface area contributed by atoms with Crippen molar-refractivity contribution in [3.63, 3.8) is 0 Å². The average Bonchev–Trinajstić information content (AvgIpc) is 3.02. The first-order valence-electron chi connectivity index (χ1n) is 6.27. The Morgan fingerprint density at radius 2 is 2.14 bits per heavy atom. The first-order valence-corrected chi connectivity index (χ1v) is 7.46. The Hall–Kier alpha value is -1.92. The van der Waals surface area contributed by atoms with E-state index in [-0.39, 0.29) is 5.91 Å². The van der Waals surface area contributed by atoms with Crippen LogP contribution in [0.4, 0.5) is 0 Å². The van der Waals surface area contributed by atoms with Crippen molar-refractivity contribution in [1.82, 2.24) is 19.4 Å². The molecule has 3 rings (SSSR count). The fourth-order valence-corrected chi connectivity index (χ4v) is 3.41. The van der Waals surface area contributed by atoms with Crippen LogP contribution in [-0.2, 0) is 7.05 Å². The fourth-order valence-electron chi connectivity index (χ4n) is 2.07. The molecule has 7 heteroatoms. The van der Waals surface area contributed by atoms with Crippen LogP contribution in [0.3, 0.4) is 0 Å². The number of aromatic nitrogens is 3. The third kappa shape index (κ3) is 2.30. The summed E-state index contributed by atoms with van der Waals surface area (Å²) in [5, 5.41) is 0.683. The molecule has 3 heterocycles. The van der Waals surface area contributed by atoms with Crippen molar-refractivity contribution in [3.05, 3.63) is 35.4 Å². The Morgan fingerprint density at radius 3 is 2.81 bits per heavy atom. The Labute approximate surface area is 130 Å². The van der Waals surface area contributed by atoms with Gasteiger partial charge in [-0.2, -0.15) is 0 Å². The van der Waals surface area contributed by atoms with Gasteiger partial charge in [-0.05, 0) is 12.1 Å². The molecule has 0 bridgehead atoms. The molecule has 0 aromatic carbocycles. The Kier molecular flexibility index (Phi) is 3.43. The van der Waals surface area contributed by atoms with Gasteiger partial charge in [0, 0.05) is 27.3 Å². The van der Waals surface area contributed by atoms with Crippen molar-refractivity contribution in [2.24, 2.45) is 7.05 Å².